The summed E-state index contributed by atoms with van der Waals surface area (Å²) < 4.78 is 0. The zero-order valence-electron chi connectivity index (χ0n) is 7.34. The van der Waals surface area contributed by atoms with Crippen LogP contribution in [0.15, 0.2) is 6.20 Å². The van der Waals surface area contributed by atoms with Gasteiger partial charge in [-0.25, -0.2) is 9.97 Å². The van der Waals surface area contributed by atoms with Crippen molar-refractivity contribution in [1.82, 2.24) is 9.97 Å². The predicted octanol–water partition coefficient (Wildman–Crippen LogP) is 1.87. The first kappa shape index (κ1) is 9.82. The molecular weight excluding hydrogens is 186 g/mol. The van der Waals surface area contributed by atoms with Gasteiger partial charge in [-0.15, -0.1) is 12.3 Å². The standard InChI is InChI=1S/C9H10ClN3/c1-3-4-5-11-8-7(2)6-12-9(10)13-8/h1,6H,4-5H2,2H3,(H,11,12,13). The highest BCUT2D eigenvalue weighted by Gasteiger charge is 2.00. The van der Waals surface area contributed by atoms with Crippen LogP contribution in [0.3, 0.4) is 0 Å². The maximum atomic E-state index is 5.63. The van der Waals surface area contributed by atoms with Crippen molar-refractivity contribution in [3.8, 4) is 12.3 Å². The number of aryl methyl sites for hydroxylation is 1. The molecule has 0 saturated heterocycles. The van der Waals surface area contributed by atoms with E-state index in [9.17, 15) is 0 Å². The number of nitrogens with one attached hydrogen (secondary N) is 1. The van der Waals surface area contributed by atoms with Gasteiger partial charge in [0.05, 0.1) is 0 Å². The Hall–Kier alpha value is -1.27. The predicted molar refractivity (Wildman–Crippen MR) is 53.7 cm³/mol. The average molecular weight is 196 g/mol. The molecule has 1 rings (SSSR count). The van der Waals surface area contributed by atoms with Crippen LogP contribution in [0.2, 0.25) is 5.28 Å². The van der Waals surface area contributed by atoms with Gasteiger partial charge in [-0.2, -0.15) is 0 Å². The van der Waals surface area contributed by atoms with E-state index in [0.29, 0.717) is 13.0 Å². The van der Waals surface area contributed by atoms with Gasteiger partial charge in [0.2, 0.25) is 5.28 Å². The number of hydrogen-bond donors (Lipinski definition) is 1. The van der Waals surface area contributed by atoms with E-state index in [1.807, 2.05) is 6.92 Å². The molecule has 0 aliphatic rings. The second-order valence-corrected chi connectivity index (χ2v) is 2.89. The highest BCUT2D eigenvalue weighted by atomic mass is 35.5. The second-order valence-electron chi connectivity index (χ2n) is 2.55. The molecule has 0 amide bonds. The van der Waals surface area contributed by atoms with Gasteiger partial charge in [-0.05, 0) is 18.5 Å². The van der Waals surface area contributed by atoms with Crippen LogP contribution in [0.4, 0.5) is 5.82 Å². The molecular formula is C9H10ClN3. The average Bonchev–Trinajstić information content (AvgIpc) is 2.11. The summed E-state index contributed by atoms with van der Waals surface area (Å²) in [6.45, 7) is 2.61. The number of hydrogen-bond acceptors (Lipinski definition) is 3. The molecule has 13 heavy (non-hydrogen) atoms. The largest absolute Gasteiger partial charge is 0.369 e. The number of anilines is 1. The zero-order chi connectivity index (χ0) is 9.68. The highest BCUT2D eigenvalue weighted by molar-refractivity contribution is 6.28. The molecule has 1 aromatic rings. The minimum absolute atomic E-state index is 0.244. The number of nitrogens with zero attached hydrogens (tertiary/aromatic N) is 2. The van der Waals surface area contributed by atoms with Crippen molar-refractivity contribution in [3.05, 3.63) is 17.0 Å². The topological polar surface area (TPSA) is 37.8 Å². The van der Waals surface area contributed by atoms with Crippen molar-refractivity contribution in [1.29, 1.82) is 0 Å². The highest BCUT2D eigenvalue weighted by Crippen LogP contribution is 2.11. The number of rotatable bonds is 3. The van der Waals surface area contributed by atoms with Gasteiger partial charge in [0.1, 0.15) is 5.82 Å². The summed E-state index contributed by atoms with van der Waals surface area (Å²) in [5, 5.41) is 3.32. The van der Waals surface area contributed by atoms with Crippen LogP contribution in [-0.2, 0) is 0 Å². The Balaban J connectivity index is 2.65. The van der Waals surface area contributed by atoms with Crippen molar-refractivity contribution in [3.63, 3.8) is 0 Å². The van der Waals surface area contributed by atoms with Gasteiger partial charge >= 0.3 is 0 Å². The first-order valence-electron chi connectivity index (χ1n) is 3.90. The fraction of sp³-hybridized carbons (Fsp3) is 0.333. The van der Waals surface area contributed by atoms with Crippen molar-refractivity contribution in [2.24, 2.45) is 0 Å². The van der Waals surface area contributed by atoms with E-state index in [-0.39, 0.29) is 5.28 Å². The van der Waals surface area contributed by atoms with Crippen molar-refractivity contribution in [2.75, 3.05) is 11.9 Å². The van der Waals surface area contributed by atoms with Gasteiger partial charge in [-0.1, -0.05) is 0 Å². The van der Waals surface area contributed by atoms with Crippen molar-refractivity contribution < 1.29 is 0 Å². The summed E-state index contributed by atoms with van der Waals surface area (Å²) >= 11 is 5.63. The number of terminal acetylenes is 1. The third-order valence-electron chi connectivity index (χ3n) is 1.50. The van der Waals surface area contributed by atoms with E-state index < -0.39 is 0 Å². The molecule has 0 aliphatic carbocycles. The van der Waals surface area contributed by atoms with Crippen LogP contribution in [0.5, 0.6) is 0 Å². The van der Waals surface area contributed by atoms with E-state index in [1.165, 1.54) is 0 Å². The lowest BCUT2D eigenvalue weighted by molar-refractivity contribution is 1.04. The third-order valence-corrected chi connectivity index (χ3v) is 1.69. The molecule has 0 aromatic carbocycles. The maximum absolute atomic E-state index is 5.63. The molecule has 0 atom stereocenters. The van der Waals surface area contributed by atoms with Crippen molar-refractivity contribution in [2.45, 2.75) is 13.3 Å². The molecule has 0 aliphatic heterocycles. The van der Waals surface area contributed by atoms with E-state index in [0.717, 1.165) is 11.4 Å². The Morgan fingerprint density at radius 3 is 3.15 bits per heavy atom. The molecule has 1 heterocycles. The fourth-order valence-corrected chi connectivity index (χ4v) is 0.986. The van der Waals surface area contributed by atoms with Gasteiger partial charge in [-0.3, -0.25) is 0 Å². The lowest BCUT2D eigenvalue weighted by Crippen LogP contribution is -2.04. The third kappa shape index (κ3) is 2.92. The van der Waals surface area contributed by atoms with E-state index >= 15 is 0 Å². The molecule has 0 spiro atoms. The summed E-state index contributed by atoms with van der Waals surface area (Å²) in [5.74, 6) is 3.28. The first-order chi connectivity index (χ1) is 6.24. The second kappa shape index (κ2) is 4.68. The molecule has 0 fully saturated rings. The van der Waals surface area contributed by atoms with Gasteiger partial charge < -0.3 is 5.32 Å². The minimum atomic E-state index is 0.244. The molecule has 0 unspecified atom stereocenters. The number of aromatic nitrogens is 2. The Morgan fingerprint density at radius 1 is 1.69 bits per heavy atom. The first-order valence-corrected chi connectivity index (χ1v) is 4.28. The van der Waals surface area contributed by atoms with Crippen LogP contribution in [-0.4, -0.2) is 16.5 Å². The summed E-state index contributed by atoms with van der Waals surface area (Å²) in [4.78, 5) is 7.86. The normalized spacial score (nSPS) is 9.31. The Morgan fingerprint density at radius 2 is 2.46 bits per heavy atom. The quantitative estimate of drug-likeness (QED) is 0.455. The fourth-order valence-electron chi connectivity index (χ4n) is 0.853. The van der Waals surface area contributed by atoms with Gasteiger partial charge in [0.25, 0.3) is 0 Å². The van der Waals surface area contributed by atoms with Crippen LogP contribution in [0.25, 0.3) is 0 Å². The molecule has 0 saturated carbocycles. The summed E-state index contributed by atoms with van der Waals surface area (Å²) in [6.07, 6.45) is 7.45. The molecule has 3 nitrogen and oxygen atoms in total. The molecule has 0 radical (unpaired) electrons. The Bertz CT molecular complexity index is 330. The SMILES string of the molecule is C#CCCNc1nc(Cl)ncc1C. The smallest absolute Gasteiger partial charge is 0.224 e. The zero-order valence-corrected chi connectivity index (χ0v) is 8.10. The Kier molecular flexibility index (Phi) is 3.53. The molecule has 68 valence electrons. The van der Waals surface area contributed by atoms with E-state index in [4.69, 9.17) is 18.0 Å². The molecule has 1 aromatic heterocycles. The van der Waals surface area contributed by atoms with Gasteiger partial charge in [0.15, 0.2) is 0 Å². The molecule has 4 heteroatoms. The summed E-state index contributed by atoms with van der Waals surface area (Å²) in [7, 11) is 0. The van der Waals surface area contributed by atoms with E-state index in [1.54, 1.807) is 6.20 Å². The monoisotopic (exact) mass is 195 g/mol. The van der Waals surface area contributed by atoms with Crippen LogP contribution in [0.1, 0.15) is 12.0 Å². The Labute approximate surface area is 82.5 Å². The lowest BCUT2D eigenvalue weighted by atomic mass is 10.3. The van der Waals surface area contributed by atoms with Crippen LogP contribution < -0.4 is 5.32 Å². The lowest BCUT2D eigenvalue weighted by Gasteiger charge is -2.05. The summed E-state index contributed by atoms with van der Waals surface area (Å²) in [5.41, 5.74) is 0.960. The van der Waals surface area contributed by atoms with Gasteiger partial charge in [0, 0.05) is 24.7 Å². The van der Waals surface area contributed by atoms with E-state index in [2.05, 4.69) is 21.2 Å². The van der Waals surface area contributed by atoms with Crippen LogP contribution >= 0.6 is 11.6 Å². The minimum Gasteiger partial charge on any atom is -0.369 e. The van der Waals surface area contributed by atoms with Crippen molar-refractivity contribution >= 4 is 17.4 Å². The molecule has 0 bridgehead atoms. The maximum Gasteiger partial charge on any atom is 0.224 e. The summed E-state index contributed by atoms with van der Waals surface area (Å²) in [6, 6.07) is 0. The van der Waals surface area contributed by atoms with Crippen LogP contribution in [0, 0.1) is 19.3 Å². The molecule has 1 N–H and O–H groups in total. The number of halogens is 1.